The SMILES string of the molecule is O=C(O)c1ccc(-c2ccc(F)cc2)cc1NCc1ccc(NCCCC2CCCCC2)c([N+](=O)[O-])c1. The number of hydrogen-bond donors (Lipinski definition) is 3. The van der Waals surface area contributed by atoms with E-state index in [0.717, 1.165) is 29.9 Å². The number of hydrogen-bond acceptors (Lipinski definition) is 5. The maximum absolute atomic E-state index is 13.3. The molecule has 1 aliphatic carbocycles. The number of carbonyl (C=O) groups is 1. The van der Waals surface area contributed by atoms with Crippen molar-refractivity contribution in [2.75, 3.05) is 17.2 Å². The number of nitrogens with one attached hydrogen (secondary N) is 2. The van der Waals surface area contributed by atoms with Gasteiger partial charge >= 0.3 is 5.97 Å². The fourth-order valence-corrected chi connectivity index (χ4v) is 4.97. The maximum atomic E-state index is 13.3. The van der Waals surface area contributed by atoms with E-state index in [1.807, 2.05) is 0 Å². The van der Waals surface area contributed by atoms with Gasteiger partial charge in [-0.15, -0.1) is 0 Å². The summed E-state index contributed by atoms with van der Waals surface area (Å²) in [5.41, 5.74) is 3.07. The number of nitro groups is 1. The molecule has 0 radical (unpaired) electrons. The molecule has 0 aliphatic heterocycles. The van der Waals surface area contributed by atoms with Crippen molar-refractivity contribution in [3.63, 3.8) is 0 Å². The standard InChI is InChI=1S/C29H32FN3O4/c30-24-12-9-22(10-13-24)23-11-14-25(29(34)35)27(18-23)32-19-21-8-15-26(28(17-21)33(36)37)31-16-4-7-20-5-2-1-3-6-20/h8-15,17-18,20,31-32H,1-7,16,19H2,(H,34,35). The Hall–Kier alpha value is -3.94. The highest BCUT2D eigenvalue weighted by Crippen LogP contribution is 2.30. The molecule has 0 spiro atoms. The van der Waals surface area contributed by atoms with Crippen LogP contribution in [0.4, 0.5) is 21.5 Å². The summed E-state index contributed by atoms with van der Waals surface area (Å²) in [6, 6.07) is 15.8. The van der Waals surface area contributed by atoms with Crippen molar-refractivity contribution < 1.29 is 19.2 Å². The summed E-state index contributed by atoms with van der Waals surface area (Å²) in [7, 11) is 0. The number of anilines is 2. The molecule has 1 aliphatic rings. The Kier molecular flexibility index (Phi) is 8.72. The molecule has 1 fully saturated rings. The first kappa shape index (κ1) is 26.1. The van der Waals surface area contributed by atoms with Gasteiger partial charge in [-0.1, -0.05) is 56.4 Å². The van der Waals surface area contributed by atoms with Crippen LogP contribution in [0.15, 0.2) is 60.7 Å². The van der Waals surface area contributed by atoms with E-state index in [2.05, 4.69) is 10.6 Å². The van der Waals surface area contributed by atoms with Gasteiger partial charge in [-0.3, -0.25) is 10.1 Å². The van der Waals surface area contributed by atoms with Crippen LogP contribution in [0.2, 0.25) is 0 Å². The minimum atomic E-state index is -1.09. The van der Waals surface area contributed by atoms with E-state index in [0.29, 0.717) is 23.5 Å². The third-order valence-electron chi connectivity index (χ3n) is 7.00. The molecule has 0 bridgehead atoms. The van der Waals surface area contributed by atoms with E-state index in [4.69, 9.17) is 0 Å². The van der Waals surface area contributed by atoms with Crippen molar-refractivity contribution in [1.82, 2.24) is 0 Å². The smallest absolute Gasteiger partial charge is 0.337 e. The van der Waals surface area contributed by atoms with Crippen LogP contribution in [0, 0.1) is 21.8 Å². The Labute approximate surface area is 215 Å². The zero-order chi connectivity index (χ0) is 26.2. The van der Waals surface area contributed by atoms with Crippen LogP contribution in [0.1, 0.15) is 60.9 Å². The van der Waals surface area contributed by atoms with Crippen LogP contribution in [0.3, 0.4) is 0 Å². The first-order valence-corrected chi connectivity index (χ1v) is 12.8. The molecule has 0 unspecified atom stereocenters. The lowest BCUT2D eigenvalue weighted by atomic mass is 9.86. The predicted octanol–water partition coefficient (Wildman–Crippen LogP) is 7.48. The average molecular weight is 506 g/mol. The topological polar surface area (TPSA) is 104 Å². The molecule has 0 heterocycles. The van der Waals surface area contributed by atoms with Gasteiger partial charge in [0, 0.05) is 24.8 Å². The summed E-state index contributed by atoms with van der Waals surface area (Å²) in [5.74, 6) is -0.670. The summed E-state index contributed by atoms with van der Waals surface area (Å²) in [5, 5.41) is 27.7. The van der Waals surface area contributed by atoms with Crippen LogP contribution in [0.5, 0.6) is 0 Å². The third kappa shape index (κ3) is 7.06. The third-order valence-corrected chi connectivity index (χ3v) is 7.00. The summed E-state index contributed by atoms with van der Waals surface area (Å²) in [6.45, 7) is 0.892. The highest BCUT2D eigenvalue weighted by molar-refractivity contribution is 5.95. The lowest BCUT2D eigenvalue weighted by Gasteiger charge is -2.21. The van der Waals surface area contributed by atoms with Gasteiger partial charge in [0.05, 0.1) is 10.5 Å². The van der Waals surface area contributed by atoms with Gasteiger partial charge in [-0.2, -0.15) is 0 Å². The van der Waals surface area contributed by atoms with E-state index in [1.165, 1.54) is 56.4 Å². The molecule has 7 nitrogen and oxygen atoms in total. The van der Waals surface area contributed by atoms with E-state index < -0.39 is 10.9 Å². The van der Waals surface area contributed by atoms with Crippen LogP contribution in [-0.4, -0.2) is 22.5 Å². The second-order valence-electron chi connectivity index (χ2n) is 9.61. The van der Waals surface area contributed by atoms with Gasteiger partial charge in [-0.05, 0) is 65.8 Å². The maximum Gasteiger partial charge on any atom is 0.337 e. The normalized spacial score (nSPS) is 13.8. The van der Waals surface area contributed by atoms with Crippen molar-refractivity contribution >= 4 is 23.0 Å². The average Bonchev–Trinajstić information content (AvgIpc) is 2.91. The molecule has 194 valence electrons. The molecule has 0 aromatic heterocycles. The monoisotopic (exact) mass is 505 g/mol. The molecule has 0 saturated heterocycles. The van der Waals surface area contributed by atoms with E-state index in [-0.39, 0.29) is 23.6 Å². The van der Waals surface area contributed by atoms with E-state index >= 15 is 0 Å². The molecule has 3 aromatic rings. The first-order valence-electron chi connectivity index (χ1n) is 12.8. The molecule has 3 N–H and O–H groups in total. The van der Waals surface area contributed by atoms with Gasteiger partial charge in [0.1, 0.15) is 11.5 Å². The Morgan fingerprint density at radius 3 is 2.38 bits per heavy atom. The van der Waals surface area contributed by atoms with Crippen molar-refractivity contribution in [1.29, 1.82) is 0 Å². The summed E-state index contributed by atoms with van der Waals surface area (Å²) >= 11 is 0. The van der Waals surface area contributed by atoms with Crippen molar-refractivity contribution in [2.45, 2.75) is 51.5 Å². The molecule has 0 atom stereocenters. The lowest BCUT2D eigenvalue weighted by molar-refractivity contribution is -0.384. The number of carboxylic acids is 1. The fourth-order valence-electron chi connectivity index (χ4n) is 4.97. The largest absolute Gasteiger partial charge is 0.478 e. The second kappa shape index (κ2) is 12.3. The number of rotatable bonds is 11. The molecule has 3 aromatic carbocycles. The van der Waals surface area contributed by atoms with Crippen LogP contribution in [-0.2, 0) is 6.54 Å². The van der Waals surface area contributed by atoms with Crippen molar-refractivity contribution in [3.8, 4) is 11.1 Å². The van der Waals surface area contributed by atoms with E-state index in [1.54, 1.807) is 36.4 Å². The predicted molar refractivity (Wildman–Crippen MR) is 144 cm³/mol. The number of nitro benzene ring substituents is 1. The van der Waals surface area contributed by atoms with Crippen molar-refractivity contribution in [2.24, 2.45) is 5.92 Å². The van der Waals surface area contributed by atoms with E-state index in [9.17, 15) is 24.4 Å². The van der Waals surface area contributed by atoms with Gasteiger partial charge in [0.2, 0.25) is 0 Å². The number of benzene rings is 3. The molecule has 8 heteroatoms. The number of carboxylic acid groups (broad SMARTS) is 1. The second-order valence-corrected chi connectivity index (χ2v) is 9.61. The highest BCUT2D eigenvalue weighted by atomic mass is 19.1. The van der Waals surface area contributed by atoms with Crippen LogP contribution >= 0.6 is 0 Å². The Morgan fingerprint density at radius 2 is 1.68 bits per heavy atom. The quantitative estimate of drug-likeness (QED) is 0.142. The zero-order valence-electron chi connectivity index (χ0n) is 20.7. The summed E-state index contributed by atoms with van der Waals surface area (Å²) in [6.07, 6.45) is 8.66. The molecule has 0 amide bonds. The van der Waals surface area contributed by atoms with Gasteiger partial charge in [0.25, 0.3) is 5.69 Å². The Balaban J connectivity index is 1.43. The van der Waals surface area contributed by atoms with Crippen LogP contribution < -0.4 is 10.6 Å². The number of aromatic carboxylic acids is 1. The summed E-state index contributed by atoms with van der Waals surface area (Å²) in [4.78, 5) is 23.1. The minimum Gasteiger partial charge on any atom is -0.478 e. The van der Waals surface area contributed by atoms with Gasteiger partial charge < -0.3 is 15.7 Å². The zero-order valence-corrected chi connectivity index (χ0v) is 20.7. The van der Waals surface area contributed by atoms with Gasteiger partial charge in [0.15, 0.2) is 0 Å². The molecular weight excluding hydrogens is 473 g/mol. The first-order chi connectivity index (χ1) is 17.9. The summed E-state index contributed by atoms with van der Waals surface area (Å²) < 4.78 is 13.3. The lowest BCUT2D eigenvalue weighted by Crippen LogP contribution is -2.10. The highest BCUT2D eigenvalue weighted by Gasteiger charge is 2.17. The number of nitrogens with zero attached hydrogens (tertiary/aromatic N) is 1. The fraction of sp³-hybridized carbons (Fsp3) is 0.345. The van der Waals surface area contributed by atoms with Gasteiger partial charge in [-0.25, -0.2) is 9.18 Å². The minimum absolute atomic E-state index is 0.00418. The molecular formula is C29H32FN3O4. The molecule has 4 rings (SSSR count). The molecule has 37 heavy (non-hydrogen) atoms. The molecule has 1 saturated carbocycles. The van der Waals surface area contributed by atoms with Crippen LogP contribution in [0.25, 0.3) is 11.1 Å². The van der Waals surface area contributed by atoms with Crippen molar-refractivity contribution in [3.05, 3.63) is 87.7 Å². The Morgan fingerprint density at radius 1 is 0.946 bits per heavy atom. The Bertz CT molecular complexity index is 1240. The number of halogens is 1.